The molecule has 4 rings (SSSR count). The third-order valence-corrected chi connectivity index (χ3v) is 5.51. The second kappa shape index (κ2) is 8.84. The van der Waals surface area contributed by atoms with E-state index in [1.54, 1.807) is 18.2 Å². The van der Waals surface area contributed by atoms with Crippen LogP contribution in [0.4, 0.5) is 10.1 Å². The van der Waals surface area contributed by atoms with Crippen molar-refractivity contribution in [3.05, 3.63) is 93.7 Å². The number of amides is 1. The van der Waals surface area contributed by atoms with Crippen LogP contribution in [0.3, 0.4) is 0 Å². The van der Waals surface area contributed by atoms with Gasteiger partial charge in [0.05, 0.1) is 5.69 Å². The maximum Gasteiger partial charge on any atom is 0.258 e. The average molecular weight is 466 g/mol. The van der Waals surface area contributed by atoms with Crippen molar-refractivity contribution in [2.75, 3.05) is 11.4 Å². The summed E-state index contributed by atoms with van der Waals surface area (Å²) in [5.41, 5.74) is 3.72. The van der Waals surface area contributed by atoms with E-state index in [-0.39, 0.29) is 18.3 Å². The third-order valence-electron chi connectivity index (χ3n) is 5.02. The standard InChI is InChI=1S/C25H21BrFNO2/c1-2-13-28-23-10-6-4-8-20(23)21(25(28)29)15-18-14-19(26)11-12-24(18)30-16-17-7-3-5-9-22(17)27/h3-12,14-15H,2,13,16H2,1H3/b21-15-. The number of halogens is 2. The van der Waals surface area contributed by atoms with Gasteiger partial charge in [-0.05, 0) is 42.8 Å². The Hall–Kier alpha value is -2.92. The number of carbonyl (C=O) groups excluding carboxylic acids is 1. The Morgan fingerprint density at radius 3 is 2.63 bits per heavy atom. The zero-order chi connectivity index (χ0) is 21.1. The van der Waals surface area contributed by atoms with Gasteiger partial charge in [0.2, 0.25) is 0 Å². The van der Waals surface area contributed by atoms with Crippen molar-refractivity contribution in [2.24, 2.45) is 0 Å². The van der Waals surface area contributed by atoms with Crippen LogP contribution in [0.25, 0.3) is 11.6 Å². The van der Waals surface area contributed by atoms with Gasteiger partial charge in [-0.15, -0.1) is 0 Å². The molecule has 3 aromatic carbocycles. The predicted molar refractivity (Wildman–Crippen MR) is 122 cm³/mol. The Labute approximate surface area is 183 Å². The zero-order valence-electron chi connectivity index (χ0n) is 16.6. The van der Waals surface area contributed by atoms with Crippen LogP contribution in [0.5, 0.6) is 5.75 Å². The molecule has 152 valence electrons. The van der Waals surface area contributed by atoms with Gasteiger partial charge in [-0.25, -0.2) is 4.39 Å². The van der Waals surface area contributed by atoms with E-state index in [9.17, 15) is 9.18 Å². The number of rotatable bonds is 6. The Bertz CT molecular complexity index is 1130. The summed E-state index contributed by atoms with van der Waals surface area (Å²) in [6.45, 7) is 2.83. The zero-order valence-corrected chi connectivity index (χ0v) is 18.2. The number of carbonyl (C=O) groups is 1. The minimum atomic E-state index is -0.301. The molecule has 0 N–H and O–H groups in total. The van der Waals surface area contributed by atoms with Gasteiger partial charge in [0.25, 0.3) is 5.91 Å². The van der Waals surface area contributed by atoms with Crippen LogP contribution in [0.1, 0.15) is 30.0 Å². The normalized spacial score (nSPS) is 14.3. The lowest BCUT2D eigenvalue weighted by molar-refractivity contribution is -0.113. The average Bonchev–Trinajstić information content (AvgIpc) is 3.01. The van der Waals surface area contributed by atoms with E-state index < -0.39 is 0 Å². The van der Waals surface area contributed by atoms with Crippen LogP contribution in [0, 0.1) is 5.82 Å². The summed E-state index contributed by atoms with van der Waals surface area (Å²) in [6, 6.07) is 20.0. The van der Waals surface area contributed by atoms with Crippen molar-refractivity contribution in [3.63, 3.8) is 0 Å². The monoisotopic (exact) mass is 465 g/mol. The minimum Gasteiger partial charge on any atom is -0.488 e. The van der Waals surface area contributed by atoms with Gasteiger partial charge in [0.1, 0.15) is 18.2 Å². The lowest BCUT2D eigenvalue weighted by Gasteiger charge is -2.15. The van der Waals surface area contributed by atoms with Crippen molar-refractivity contribution in [2.45, 2.75) is 20.0 Å². The molecule has 0 aromatic heterocycles. The van der Waals surface area contributed by atoms with Gasteiger partial charge in [-0.1, -0.05) is 59.3 Å². The van der Waals surface area contributed by atoms with E-state index >= 15 is 0 Å². The molecule has 1 amide bonds. The van der Waals surface area contributed by atoms with Crippen molar-refractivity contribution in [3.8, 4) is 5.75 Å². The van der Waals surface area contributed by atoms with Crippen LogP contribution >= 0.6 is 15.9 Å². The molecule has 1 aliphatic rings. The van der Waals surface area contributed by atoms with Crippen molar-refractivity contribution < 1.29 is 13.9 Å². The van der Waals surface area contributed by atoms with Gasteiger partial charge in [-0.2, -0.15) is 0 Å². The summed E-state index contributed by atoms with van der Waals surface area (Å²) in [5.74, 6) is 0.274. The quantitative estimate of drug-likeness (QED) is 0.390. The highest BCUT2D eigenvalue weighted by molar-refractivity contribution is 9.10. The second-order valence-electron chi connectivity index (χ2n) is 7.09. The Balaban J connectivity index is 1.70. The van der Waals surface area contributed by atoms with Crippen molar-refractivity contribution >= 4 is 39.2 Å². The molecular weight excluding hydrogens is 445 g/mol. The number of nitrogens with zero attached hydrogens (tertiary/aromatic N) is 1. The van der Waals surface area contributed by atoms with Crippen molar-refractivity contribution in [1.82, 2.24) is 0 Å². The number of fused-ring (bicyclic) bond motifs is 1. The van der Waals surface area contributed by atoms with Gasteiger partial charge in [0, 0.05) is 33.3 Å². The highest BCUT2D eigenvalue weighted by atomic mass is 79.9. The van der Waals surface area contributed by atoms with Crippen LogP contribution in [-0.4, -0.2) is 12.5 Å². The predicted octanol–water partition coefficient (Wildman–Crippen LogP) is 6.46. The molecule has 30 heavy (non-hydrogen) atoms. The second-order valence-corrected chi connectivity index (χ2v) is 8.01. The van der Waals surface area contributed by atoms with E-state index in [4.69, 9.17) is 4.74 Å². The largest absolute Gasteiger partial charge is 0.488 e. The van der Waals surface area contributed by atoms with Crippen LogP contribution < -0.4 is 9.64 Å². The van der Waals surface area contributed by atoms with E-state index in [0.717, 1.165) is 27.7 Å². The molecule has 0 saturated carbocycles. The first-order valence-electron chi connectivity index (χ1n) is 9.87. The van der Waals surface area contributed by atoms with Crippen LogP contribution in [-0.2, 0) is 11.4 Å². The number of benzene rings is 3. The molecule has 1 aliphatic heterocycles. The number of hydrogen-bond donors (Lipinski definition) is 0. The lowest BCUT2D eigenvalue weighted by atomic mass is 10.0. The van der Waals surface area contributed by atoms with Gasteiger partial charge < -0.3 is 9.64 Å². The smallest absolute Gasteiger partial charge is 0.258 e. The summed E-state index contributed by atoms with van der Waals surface area (Å²) in [5, 5.41) is 0. The first-order valence-corrected chi connectivity index (χ1v) is 10.7. The molecule has 0 aliphatic carbocycles. The fraction of sp³-hybridized carbons (Fsp3) is 0.160. The fourth-order valence-electron chi connectivity index (χ4n) is 3.58. The maximum atomic E-state index is 14.0. The molecule has 1 heterocycles. The number of para-hydroxylation sites is 1. The van der Waals surface area contributed by atoms with Crippen LogP contribution in [0.2, 0.25) is 0 Å². The van der Waals surface area contributed by atoms with Gasteiger partial charge in [-0.3, -0.25) is 4.79 Å². The van der Waals surface area contributed by atoms with E-state index in [0.29, 0.717) is 23.4 Å². The highest BCUT2D eigenvalue weighted by Gasteiger charge is 2.31. The van der Waals surface area contributed by atoms with E-state index in [2.05, 4.69) is 22.9 Å². The van der Waals surface area contributed by atoms with Crippen LogP contribution in [0.15, 0.2) is 71.2 Å². The summed E-state index contributed by atoms with van der Waals surface area (Å²) >= 11 is 3.50. The Morgan fingerprint density at radius 2 is 1.83 bits per heavy atom. The molecule has 0 unspecified atom stereocenters. The SMILES string of the molecule is CCCN1C(=O)/C(=C\c2cc(Br)ccc2OCc2ccccc2F)c2ccccc21. The molecule has 3 nitrogen and oxygen atoms in total. The first-order chi connectivity index (χ1) is 14.6. The summed E-state index contributed by atoms with van der Waals surface area (Å²) in [7, 11) is 0. The highest BCUT2D eigenvalue weighted by Crippen LogP contribution is 2.39. The molecule has 0 radical (unpaired) electrons. The molecule has 0 spiro atoms. The molecule has 3 aromatic rings. The van der Waals surface area contributed by atoms with E-state index in [1.807, 2.05) is 53.4 Å². The lowest BCUT2D eigenvalue weighted by Crippen LogP contribution is -2.26. The fourth-order valence-corrected chi connectivity index (χ4v) is 3.96. The van der Waals surface area contributed by atoms with Crippen molar-refractivity contribution in [1.29, 1.82) is 0 Å². The minimum absolute atomic E-state index is 0.0157. The third kappa shape index (κ3) is 4.03. The first kappa shape index (κ1) is 20.4. The maximum absolute atomic E-state index is 14.0. The molecule has 0 atom stereocenters. The molecule has 0 saturated heterocycles. The molecule has 0 bridgehead atoms. The Morgan fingerprint density at radius 1 is 1.07 bits per heavy atom. The van der Waals surface area contributed by atoms with Gasteiger partial charge in [0.15, 0.2) is 0 Å². The number of hydrogen-bond acceptors (Lipinski definition) is 2. The van der Waals surface area contributed by atoms with E-state index in [1.165, 1.54) is 6.07 Å². The molecule has 0 fully saturated rings. The number of ether oxygens (including phenoxy) is 1. The summed E-state index contributed by atoms with van der Waals surface area (Å²) < 4.78 is 20.8. The topological polar surface area (TPSA) is 29.5 Å². The number of anilines is 1. The molecular formula is C25H21BrFNO2. The summed E-state index contributed by atoms with van der Waals surface area (Å²) in [6.07, 6.45) is 2.74. The summed E-state index contributed by atoms with van der Waals surface area (Å²) in [4.78, 5) is 15.0. The van der Waals surface area contributed by atoms with Gasteiger partial charge >= 0.3 is 0 Å². The Kier molecular flexibility index (Phi) is 6.00. The molecule has 5 heteroatoms.